The van der Waals surface area contributed by atoms with E-state index in [-0.39, 0.29) is 5.91 Å². The molecule has 2 aromatic carbocycles. The Hall–Kier alpha value is -2.90. The molecule has 0 aromatic heterocycles. The van der Waals surface area contributed by atoms with Crippen molar-refractivity contribution in [2.45, 2.75) is 13.0 Å². The number of carbonyl (C=O) groups is 1. The predicted molar refractivity (Wildman–Crippen MR) is 112 cm³/mol. The zero-order valence-electron chi connectivity index (χ0n) is 16.1. The van der Waals surface area contributed by atoms with Crippen LogP contribution in [0.1, 0.15) is 23.1 Å². The van der Waals surface area contributed by atoms with Gasteiger partial charge in [0.05, 0.1) is 28.8 Å². The summed E-state index contributed by atoms with van der Waals surface area (Å²) in [6, 6.07) is 16.7. The van der Waals surface area contributed by atoms with Gasteiger partial charge >= 0.3 is 0 Å². The van der Waals surface area contributed by atoms with Crippen molar-refractivity contribution >= 4 is 23.2 Å². The van der Waals surface area contributed by atoms with Crippen molar-refractivity contribution < 1.29 is 4.79 Å². The molecule has 0 atom stereocenters. The van der Waals surface area contributed by atoms with E-state index in [1.54, 1.807) is 18.2 Å². The molecule has 1 amide bonds. The third-order valence-electron chi connectivity index (χ3n) is 4.91. The van der Waals surface area contributed by atoms with Crippen molar-refractivity contribution in [2.75, 3.05) is 38.0 Å². The van der Waals surface area contributed by atoms with Crippen LogP contribution in [0.15, 0.2) is 42.5 Å². The van der Waals surface area contributed by atoms with Gasteiger partial charge in [0.25, 0.3) is 0 Å². The smallest absolute Gasteiger partial charge is 0.238 e. The summed E-state index contributed by atoms with van der Waals surface area (Å²) in [4.78, 5) is 16.9. The predicted octanol–water partition coefficient (Wildman–Crippen LogP) is 3.23. The molecule has 7 heteroatoms. The highest BCUT2D eigenvalue weighted by atomic mass is 35.5. The lowest BCUT2D eigenvalue weighted by Gasteiger charge is -2.21. The van der Waals surface area contributed by atoms with Gasteiger partial charge in [0.15, 0.2) is 0 Å². The first kappa shape index (κ1) is 20.8. The van der Waals surface area contributed by atoms with Crippen LogP contribution >= 0.6 is 11.6 Å². The highest BCUT2D eigenvalue weighted by Gasteiger charge is 2.17. The monoisotopic (exact) mass is 407 g/mol. The number of hydrogen-bond acceptors (Lipinski definition) is 5. The van der Waals surface area contributed by atoms with Crippen molar-refractivity contribution in [2.24, 2.45) is 0 Å². The molecule has 1 saturated heterocycles. The second kappa shape index (κ2) is 10.0. The quantitative estimate of drug-likeness (QED) is 0.822. The Morgan fingerprint density at radius 3 is 2.41 bits per heavy atom. The molecule has 0 saturated carbocycles. The van der Waals surface area contributed by atoms with Crippen LogP contribution in [0.4, 0.5) is 5.69 Å². The summed E-state index contributed by atoms with van der Waals surface area (Å²) in [6.07, 6.45) is 0.992. The maximum atomic E-state index is 12.4. The number of carbonyl (C=O) groups excluding carboxylic acids is 1. The molecule has 1 heterocycles. The van der Waals surface area contributed by atoms with Crippen LogP contribution in [0.5, 0.6) is 0 Å². The van der Waals surface area contributed by atoms with Gasteiger partial charge in [-0.2, -0.15) is 10.5 Å². The number of nitriles is 2. The Labute approximate surface area is 175 Å². The van der Waals surface area contributed by atoms with Gasteiger partial charge in [0.2, 0.25) is 5.91 Å². The number of anilines is 1. The normalized spacial score (nSPS) is 15.1. The lowest BCUT2D eigenvalue weighted by molar-refractivity contribution is -0.117. The van der Waals surface area contributed by atoms with Crippen LogP contribution in [0.25, 0.3) is 0 Å². The number of rotatable bonds is 5. The zero-order valence-corrected chi connectivity index (χ0v) is 16.8. The molecule has 6 nitrogen and oxygen atoms in total. The summed E-state index contributed by atoms with van der Waals surface area (Å²) in [5, 5.41) is 21.0. The van der Waals surface area contributed by atoms with E-state index in [1.807, 2.05) is 30.3 Å². The molecule has 0 aliphatic carbocycles. The Kier molecular flexibility index (Phi) is 7.21. The fourth-order valence-electron chi connectivity index (χ4n) is 3.37. The minimum absolute atomic E-state index is 0.0914. The Bertz CT molecular complexity index is 945. The Morgan fingerprint density at radius 1 is 1.00 bits per heavy atom. The summed E-state index contributed by atoms with van der Waals surface area (Å²) in [5.41, 5.74) is 2.84. The summed E-state index contributed by atoms with van der Waals surface area (Å²) in [5.74, 6) is -0.0914. The van der Waals surface area contributed by atoms with Crippen molar-refractivity contribution in [3.8, 4) is 12.1 Å². The standard InChI is InChI=1S/C22H22ClN5O/c23-21-12-20(7-6-19(21)14-25)26-22(29)16-28-9-1-8-27(10-11-28)15-18-4-2-17(13-24)3-5-18/h2-7,12H,1,8-11,15-16H2,(H,26,29). The SMILES string of the molecule is N#Cc1ccc(CN2CCCN(CC(=O)Nc3ccc(C#N)c(Cl)c3)CC2)cc1. The number of halogens is 1. The van der Waals surface area contributed by atoms with Crippen LogP contribution in [0, 0.1) is 22.7 Å². The van der Waals surface area contributed by atoms with E-state index in [4.69, 9.17) is 22.1 Å². The number of amides is 1. The van der Waals surface area contributed by atoms with E-state index < -0.39 is 0 Å². The number of nitrogens with zero attached hydrogens (tertiary/aromatic N) is 4. The highest BCUT2D eigenvalue weighted by molar-refractivity contribution is 6.32. The van der Waals surface area contributed by atoms with Crippen LogP contribution < -0.4 is 5.32 Å². The van der Waals surface area contributed by atoms with Crippen molar-refractivity contribution in [1.82, 2.24) is 9.80 Å². The molecule has 3 rings (SSSR count). The van der Waals surface area contributed by atoms with Crippen molar-refractivity contribution in [3.63, 3.8) is 0 Å². The molecule has 2 aromatic rings. The number of nitrogens with one attached hydrogen (secondary N) is 1. The largest absolute Gasteiger partial charge is 0.325 e. The van der Waals surface area contributed by atoms with Gasteiger partial charge in [-0.15, -0.1) is 0 Å². The molecule has 0 radical (unpaired) electrons. The summed E-state index contributed by atoms with van der Waals surface area (Å²) >= 11 is 6.02. The van der Waals surface area contributed by atoms with E-state index >= 15 is 0 Å². The van der Waals surface area contributed by atoms with Gasteiger partial charge in [-0.1, -0.05) is 23.7 Å². The van der Waals surface area contributed by atoms with Gasteiger partial charge in [-0.05, 0) is 55.4 Å². The zero-order chi connectivity index (χ0) is 20.6. The van der Waals surface area contributed by atoms with Crippen LogP contribution in [0.2, 0.25) is 5.02 Å². The highest BCUT2D eigenvalue weighted by Crippen LogP contribution is 2.20. The summed E-state index contributed by atoms with van der Waals surface area (Å²) < 4.78 is 0. The Morgan fingerprint density at radius 2 is 1.72 bits per heavy atom. The van der Waals surface area contributed by atoms with Crippen molar-refractivity contribution in [1.29, 1.82) is 10.5 Å². The average Bonchev–Trinajstić information content (AvgIpc) is 2.93. The molecule has 1 aliphatic heterocycles. The van der Waals surface area contributed by atoms with Crippen LogP contribution in [0.3, 0.4) is 0 Å². The van der Waals surface area contributed by atoms with Gasteiger partial charge in [0, 0.05) is 25.3 Å². The van der Waals surface area contributed by atoms with E-state index in [2.05, 4.69) is 21.2 Å². The first-order valence-corrected chi connectivity index (χ1v) is 9.88. The van der Waals surface area contributed by atoms with Gasteiger partial charge in [-0.3, -0.25) is 14.6 Å². The lowest BCUT2D eigenvalue weighted by Crippen LogP contribution is -2.36. The van der Waals surface area contributed by atoms with Gasteiger partial charge in [0.1, 0.15) is 6.07 Å². The fraction of sp³-hybridized carbons (Fsp3) is 0.318. The van der Waals surface area contributed by atoms with Gasteiger partial charge in [-0.25, -0.2) is 0 Å². The first-order chi connectivity index (χ1) is 14.1. The van der Waals surface area contributed by atoms with Crippen molar-refractivity contribution in [3.05, 3.63) is 64.2 Å². The minimum Gasteiger partial charge on any atom is -0.325 e. The van der Waals surface area contributed by atoms with E-state index in [1.165, 1.54) is 5.56 Å². The summed E-state index contributed by atoms with van der Waals surface area (Å²) in [6.45, 7) is 4.71. The molecule has 0 spiro atoms. The second-order valence-corrected chi connectivity index (χ2v) is 7.48. The maximum Gasteiger partial charge on any atom is 0.238 e. The second-order valence-electron chi connectivity index (χ2n) is 7.07. The topological polar surface area (TPSA) is 83.2 Å². The molecule has 0 bridgehead atoms. The van der Waals surface area contributed by atoms with E-state index in [9.17, 15) is 4.79 Å². The Balaban J connectivity index is 1.49. The third kappa shape index (κ3) is 6.04. The third-order valence-corrected chi connectivity index (χ3v) is 5.22. The molecular formula is C22H22ClN5O. The lowest BCUT2D eigenvalue weighted by atomic mass is 10.1. The molecule has 0 unspecified atom stereocenters. The average molecular weight is 408 g/mol. The molecular weight excluding hydrogens is 386 g/mol. The maximum absolute atomic E-state index is 12.4. The molecule has 148 valence electrons. The first-order valence-electron chi connectivity index (χ1n) is 9.50. The molecule has 29 heavy (non-hydrogen) atoms. The number of hydrogen-bond donors (Lipinski definition) is 1. The molecule has 1 aliphatic rings. The molecule has 1 N–H and O–H groups in total. The number of benzene rings is 2. The summed E-state index contributed by atoms with van der Waals surface area (Å²) in [7, 11) is 0. The molecule has 1 fully saturated rings. The van der Waals surface area contributed by atoms with Crippen LogP contribution in [-0.2, 0) is 11.3 Å². The van der Waals surface area contributed by atoms with E-state index in [0.29, 0.717) is 28.4 Å². The van der Waals surface area contributed by atoms with E-state index in [0.717, 1.165) is 39.1 Å². The minimum atomic E-state index is -0.0914. The fourth-order valence-corrected chi connectivity index (χ4v) is 3.59. The van der Waals surface area contributed by atoms with Crippen LogP contribution in [-0.4, -0.2) is 48.4 Å². The van der Waals surface area contributed by atoms with Gasteiger partial charge < -0.3 is 5.32 Å².